The third kappa shape index (κ3) is 4.94. The van der Waals surface area contributed by atoms with E-state index >= 15 is 0 Å². The second-order valence-electron chi connectivity index (χ2n) is 11.1. The highest BCUT2D eigenvalue weighted by Gasteiger charge is 2.37. The molecule has 1 N–H and O–H groups in total. The van der Waals surface area contributed by atoms with E-state index in [2.05, 4.69) is 55.9 Å². The molecule has 0 spiro atoms. The number of hydrogen-bond donors (Lipinski definition) is 1. The molecule has 0 atom stereocenters. The van der Waals surface area contributed by atoms with Crippen LogP contribution in [0.15, 0.2) is 53.1 Å². The predicted molar refractivity (Wildman–Crippen MR) is 145 cm³/mol. The van der Waals surface area contributed by atoms with E-state index in [1.165, 1.54) is 24.0 Å². The van der Waals surface area contributed by atoms with Gasteiger partial charge in [0.1, 0.15) is 28.7 Å². The van der Waals surface area contributed by atoms with Gasteiger partial charge >= 0.3 is 0 Å². The van der Waals surface area contributed by atoms with Gasteiger partial charge in [0, 0.05) is 17.0 Å². The van der Waals surface area contributed by atoms with Crippen molar-refractivity contribution in [2.75, 3.05) is 6.61 Å². The molecule has 2 aromatic carbocycles. The number of benzene rings is 2. The Kier molecular flexibility index (Phi) is 6.46. The fourth-order valence-electron chi connectivity index (χ4n) is 5.08. The van der Waals surface area contributed by atoms with Crippen LogP contribution in [0.4, 0.5) is 0 Å². The van der Waals surface area contributed by atoms with E-state index in [1.807, 2.05) is 31.2 Å². The van der Waals surface area contributed by atoms with Gasteiger partial charge in [0.05, 0.1) is 12.8 Å². The zero-order valence-electron chi connectivity index (χ0n) is 21.7. The van der Waals surface area contributed by atoms with Crippen LogP contribution in [0, 0.1) is 6.92 Å². The molecule has 0 fully saturated rings. The monoisotopic (exact) mass is 503 g/mol. The fraction of sp³-hybridized carbons (Fsp3) is 0.400. The Hall–Kier alpha value is -3.05. The summed E-state index contributed by atoms with van der Waals surface area (Å²) < 4.78 is 12.4. The van der Waals surface area contributed by atoms with Crippen LogP contribution in [-0.2, 0) is 17.3 Å². The van der Waals surface area contributed by atoms with Gasteiger partial charge in [-0.25, -0.2) is 9.97 Å². The number of aromatic amines is 1. The van der Waals surface area contributed by atoms with Crippen molar-refractivity contribution >= 4 is 11.6 Å². The summed E-state index contributed by atoms with van der Waals surface area (Å²) in [7, 11) is 0. The molecular formula is C30H34ClN3O2. The summed E-state index contributed by atoms with van der Waals surface area (Å²) in [4.78, 5) is 12.3. The molecule has 5 nitrogen and oxygen atoms in total. The molecule has 36 heavy (non-hydrogen) atoms. The largest absolute Gasteiger partial charge is 0.494 e. The summed E-state index contributed by atoms with van der Waals surface area (Å²) in [6.07, 6.45) is 5.66. The Balaban J connectivity index is 1.31. The van der Waals surface area contributed by atoms with Gasteiger partial charge in [0.2, 0.25) is 5.89 Å². The molecule has 1 aliphatic rings. The predicted octanol–water partition coefficient (Wildman–Crippen LogP) is 8.05. The first-order valence-corrected chi connectivity index (χ1v) is 13.1. The van der Waals surface area contributed by atoms with Crippen LogP contribution in [0.1, 0.15) is 69.7 Å². The van der Waals surface area contributed by atoms with Crippen molar-refractivity contribution in [1.82, 2.24) is 15.0 Å². The molecule has 4 aromatic rings. The van der Waals surface area contributed by atoms with Crippen LogP contribution in [0.3, 0.4) is 0 Å². The summed E-state index contributed by atoms with van der Waals surface area (Å²) >= 11 is 6.11. The Morgan fingerprint density at radius 2 is 1.72 bits per heavy atom. The average Bonchev–Trinajstić information content (AvgIpc) is 3.47. The number of aromatic nitrogens is 3. The van der Waals surface area contributed by atoms with Crippen LogP contribution in [0.2, 0.25) is 5.02 Å². The van der Waals surface area contributed by atoms with Crippen molar-refractivity contribution in [1.29, 1.82) is 0 Å². The number of imidazole rings is 1. The molecule has 0 radical (unpaired) electrons. The third-order valence-corrected chi connectivity index (χ3v) is 7.64. The lowest BCUT2D eigenvalue weighted by Crippen LogP contribution is -2.33. The highest BCUT2D eigenvalue weighted by molar-refractivity contribution is 6.30. The maximum absolute atomic E-state index is 6.22. The average molecular weight is 504 g/mol. The highest BCUT2D eigenvalue weighted by atomic mass is 35.5. The van der Waals surface area contributed by atoms with Crippen molar-refractivity contribution in [3.63, 3.8) is 0 Å². The second kappa shape index (κ2) is 9.44. The molecule has 6 heteroatoms. The maximum Gasteiger partial charge on any atom is 0.245 e. The molecule has 2 aromatic heterocycles. The van der Waals surface area contributed by atoms with Gasteiger partial charge in [-0.05, 0) is 72.4 Å². The number of hydrogen-bond acceptors (Lipinski definition) is 4. The van der Waals surface area contributed by atoms with Crippen molar-refractivity contribution < 1.29 is 9.15 Å². The van der Waals surface area contributed by atoms with Gasteiger partial charge in [0.15, 0.2) is 0 Å². The third-order valence-electron chi connectivity index (χ3n) is 7.39. The second-order valence-corrected chi connectivity index (χ2v) is 11.5. The lowest BCUT2D eigenvalue weighted by atomic mass is 9.63. The quantitative estimate of drug-likeness (QED) is 0.259. The molecule has 0 amide bonds. The first kappa shape index (κ1) is 24.6. The van der Waals surface area contributed by atoms with Crippen molar-refractivity contribution in [3.05, 3.63) is 76.4 Å². The fourth-order valence-corrected chi connectivity index (χ4v) is 5.21. The topological polar surface area (TPSA) is 63.9 Å². The number of ether oxygens (including phenoxy) is 1. The minimum atomic E-state index is 0.166. The van der Waals surface area contributed by atoms with E-state index in [0.29, 0.717) is 23.9 Å². The Labute approximate surface area is 218 Å². The molecule has 0 aliphatic heterocycles. The molecule has 0 bridgehead atoms. The number of oxazole rings is 1. The number of rotatable bonds is 7. The highest BCUT2D eigenvalue weighted by Crippen LogP contribution is 2.46. The number of H-pyrrole nitrogens is 1. The summed E-state index contributed by atoms with van der Waals surface area (Å²) in [6, 6.07) is 14.3. The van der Waals surface area contributed by atoms with E-state index in [0.717, 1.165) is 40.7 Å². The molecule has 0 saturated heterocycles. The zero-order chi connectivity index (χ0) is 25.5. The van der Waals surface area contributed by atoms with Gasteiger partial charge in [0.25, 0.3) is 0 Å². The number of fused-ring (bicyclic) bond motifs is 1. The number of nitrogens with one attached hydrogen (secondary N) is 1. The first-order valence-electron chi connectivity index (χ1n) is 12.7. The van der Waals surface area contributed by atoms with E-state index < -0.39 is 0 Å². The lowest BCUT2D eigenvalue weighted by molar-refractivity contribution is 0.299. The van der Waals surface area contributed by atoms with Gasteiger partial charge in [-0.1, -0.05) is 57.5 Å². The van der Waals surface area contributed by atoms with Crippen LogP contribution in [-0.4, -0.2) is 21.6 Å². The maximum atomic E-state index is 6.22. The van der Waals surface area contributed by atoms with Gasteiger partial charge in [-0.2, -0.15) is 0 Å². The summed E-state index contributed by atoms with van der Waals surface area (Å²) in [5.41, 5.74) is 5.80. The van der Waals surface area contributed by atoms with Crippen LogP contribution in [0.25, 0.3) is 22.8 Å². The molecule has 2 heterocycles. The standard InChI is InChI=1S/C30H34ClN3O2/c1-19-32-18-25(33-19)28-34-27(20-8-10-21(31)11-9-20)26(36-28)7-6-16-35-22-12-13-23-24(17-22)30(4,5)15-14-29(23,2)3/h8-13,17-18H,6-7,14-16H2,1-5H3,(H,32,33). The van der Waals surface area contributed by atoms with Crippen molar-refractivity contribution in [2.24, 2.45) is 0 Å². The minimum Gasteiger partial charge on any atom is -0.494 e. The molecule has 5 rings (SSSR count). The number of aryl methyl sites for hydroxylation is 2. The van der Waals surface area contributed by atoms with Gasteiger partial charge < -0.3 is 14.1 Å². The summed E-state index contributed by atoms with van der Waals surface area (Å²) in [5.74, 6) is 3.12. The van der Waals surface area contributed by atoms with E-state index in [-0.39, 0.29) is 10.8 Å². The number of halogens is 1. The molecule has 188 valence electrons. The van der Waals surface area contributed by atoms with Crippen LogP contribution < -0.4 is 4.74 Å². The number of nitrogens with zero attached hydrogens (tertiary/aromatic N) is 2. The first-order chi connectivity index (χ1) is 17.1. The lowest BCUT2D eigenvalue weighted by Gasteiger charge is -2.41. The molecule has 1 aliphatic carbocycles. The van der Waals surface area contributed by atoms with Crippen molar-refractivity contribution in [2.45, 2.75) is 71.1 Å². The molecular weight excluding hydrogens is 470 g/mol. The molecule has 0 unspecified atom stereocenters. The van der Waals surface area contributed by atoms with Crippen LogP contribution >= 0.6 is 11.6 Å². The Morgan fingerprint density at radius 1 is 1.00 bits per heavy atom. The molecule has 0 saturated carbocycles. The van der Waals surface area contributed by atoms with E-state index in [9.17, 15) is 0 Å². The Morgan fingerprint density at radius 3 is 2.42 bits per heavy atom. The van der Waals surface area contributed by atoms with E-state index in [1.54, 1.807) is 6.20 Å². The van der Waals surface area contributed by atoms with Crippen LogP contribution in [0.5, 0.6) is 5.75 Å². The SMILES string of the molecule is Cc1ncc(-c2nc(-c3ccc(Cl)cc3)c(CCCOc3ccc4c(c3)C(C)(C)CCC4(C)C)o2)[nH]1. The minimum absolute atomic E-state index is 0.166. The zero-order valence-corrected chi connectivity index (χ0v) is 22.5. The van der Waals surface area contributed by atoms with Gasteiger partial charge in [-0.3, -0.25) is 0 Å². The summed E-state index contributed by atoms with van der Waals surface area (Å²) in [5, 5.41) is 0.693. The van der Waals surface area contributed by atoms with Gasteiger partial charge in [-0.15, -0.1) is 0 Å². The summed E-state index contributed by atoms with van der Waals surface area (Å²) in [6.45, 7) is 11.9. The smallest absolute Gasteiger partial charge is 0.245 e. The normalized spacial score (nSPS) is 16.1. The van der Waals surface area contributed by atoms with E-state index in [4.69, 9.17) is 25.7 Å². The van der Waals surface area contributed by atoms with Crippen molar-refractivity contribution in [3.8, 4) is 28.6 Å². The Bertz CT molecular complexity index is 1370.